The van der Waals surface area contributed by atoms with Crippen molar-refractivity contribution >= 4 is 23.1 Å². The summed E-state index contributed by atoms with van der Waals surface area (Å²) < 4.78 is 4.92. The van der Waals surface area contributed by atoms with Gasteiger partial charge in [0.05, 0.1) is 30.1 Å². The van der Waals surface area contributed by atoms with Crippen LogP contribution >= 0.6 is 0 Å². The largest absolute Gasteiger partial charge is 0.465 e. The number of nitrogens with zero attached hydrogens (tertiary/aromatic N) is 2. The topological polar surface area (TPSA) is 60.8 Å². The summed E-state index contributed by atoms with van der Waals surface area (Å²) in [5.74, 6) is -0.429. The molecular weight excluding hydrogens is 328 g/mol. The summed E-state index contributed by atoms with van der Waals surface area (Å²) in [6, 6.07) is 15.6. The quantitative estimate of drug-likeness (QED) is 0.394. The first-order valence-electron chi connectivity index (χ1n) is 8.28. The van der Waals surface area contributed by atoms with Gasteiger partial charge in [0.1, 0.15) is 0 Å². The van der Waals surface area contributed by atoms with E-state index in [1.165, 1.54) is 12.7 Å². The summed E-state index contributed by atoms with van der Waals surface area (Å²) in [7, 11) is 1.36. The number of fused-ring (bicyclic) bond motifs is 1. The average molecular weight is 348 g/mol. The number of aromatic nitrogens is 1. The van der Waals surface area contributed by atoms with Gasteiger partial charge in [0.2, 0.25) is 0 Å². The average Bonchev–Trinajstić information content (AvgIpc) is 2.66. The van der Waals surface area contributed by atoms with Gasteiger partial charge in [-0.15, -0.1) is 0 Å². The van der Waals surface area contributed by atoms with Crippen LogP contribution in [0.3, 0.4) is 0 Å². The van der Waals surface area contributed by atoms with E-state index in [9.17, 15) is 4.79 Å². The van der Waals surface area contributed by atoms with Crippen LogP contribution in [0.25, 0.3) is 10.9 Å². The van der Waals surface area contributed by atoms with E-state index in [4.69, 9.17) is 9.57 Å². The lowest BCUT2D eigenvalue weighted by Gasteiger charge is -2.12. The Morgan fingerprint density at radius 2 is 1.85 bits per heavy atom. The van der Waals surface area contributed by atoms with E-state index >= 15 is 0 Å². The van der Waals surface area contributed by atoms with Crippen molar-refractivity contribution in [3.05, 3.63) is 76.5 Å². The molecule has 0 aliphatic carbocycles. The highest BCUT2D eigenvalue weighted by atomic mass is 16.6. The Morgan fingerprint density at radius 1 is 1.12 bits per heavy atom. The van der Waals surface area contributed by atoms with Crippen molar-refractivity contribution in [1.82, 2.24) is 4.98 Å². The minimum absolute atomic E-state index is 0.0818. The molecule has 5 heteroatoms. The van der Waals surface area contributed by atoms with E-state index < -0.39 is 5.97 Å². The zero-order chi connectivity index (χ0) is 18.5. The smallest absolute Gasteiger partial charge is 0.340 e. The summed E-state index contributed by atoms with van der Waals surface area (Å²) in [4.78, 5) is 22.2. The maximum absolute atomic E-state index is 12.2. The minimum Gasteiger partial charge on any atom is -0.465 e. The normalized spacial score (nSPS) is 11.0. The molecule has 0 N–H and O–H groups in total. The third-order valence-electron chi connectivity index (χ3n) is 4.17. The second kappa shape index (κ2) is 7.78. The number of methoxy groups -OCH3 is 1. The van der Waals surface area contributed by atoms with Gasteiger partial charge in [0, 0.05) is 5.39 Å². The lowest BCUT2D eigenvalue weighted by molar-refractivity contribution is 0.0591. The molecule has 1 aromatic heterocycles. The molecule has 132 valence electrons. The Labute approximate surface area is 152 Å². The van der Waals surface area contributed by atoms with Gasteiger partial charge in [-0.25, -0.2) is 9.78 Å². The number of hydrogen-bond acceptors (Lipinski definition) is 5. The van der Waals surface area contributed by atoms with Crippen molar-refractivity contribution < 1.29 is 14.4 Å². The fourth-order valence-corrected chi connectivity index (χ4v) is 2.77. The molecule has 0 amide bonds. The first-order valence-corrected chi connectivity index (χ1v) is 8.28. The predicted molar refractivity (Wildman–Crippen MR) is 101 cm³/mol. The molecule has 3 rings (SSSR count). The number of oxime groups is 1. The van der Waals surface area contributed by atoms with Crippen LogP contribution in [0, 0.1) is 13.8 Å². The summed E-state index contributed by atoms with van der Waals surface area (Å²) in [6.45, 7) is 3.99. The van der Waals surface area contributed by atoms with Gasteiger partial charge in [0.25, 0.3) is 0 Å². The molecule has 0 aliphatic rings. The number of esters is 1. The molecule has 0 unspecified atom stereocenters. The molecule has 0 spiro atoms. The van der Waals surface area contributed by atoms with Gasteiger partial charge in [-0.2, -0.15) is 0 Å². The number of aryl methyl sites for hydroxylation is 2. The molecule has 0 fully saturated rings. The molecular formula is C21H20N2O3. The van der Waals surface area contributed by atoms with Crippen LogP contribution in [-0.2, 0) is 16.2 Å². The molecule has 0 bridgehead atoms. The van der Waals surface area contributed by atoms with Gasteiger partial charge < -0.3 is 9.57 Å². The lowest BCUT2D eigenvalue weighted by atomic mass is 10.0. The lowest BCUT2D eigenvalue weighted by Crippen LogP contribution is -2.11. The number of hydrogen-bond donors (Lipinski definition) is 0. The van der Waals surface area contributed by atoms with Crippen LogP contribution in [0.4, 0.5) is 0 Å². The van der Waals surface area contributed by atoms with Gasteiger partial charge in [0.15, 0.2) is 6.61 Å². The zero-order valence-electron chi connectivity index (χ0n) is 15.0. The van der Waals surface area contributed by atoms with Gasteiger partial charge >= 0.3 is 5.97 Å². The van der Waals surface area contributed by atoms with Crippen molar-refractivity contribution in [1.29, 1.82) is 0 Å². The van der Waals surface area contributed by atoms with Gasteiger partial charge in [-0.05, 0) is 31.0 Å². The van der Waals surface area contributed by atoms with Crippen LogP contribution < -0.4 is 0 Å². The van der Waals surface area contributed by atoms with Crippen LogP contribution in [0.15, 0.2) is 53.7 Å². The monoisotopic (exact) mass is 348 g/mol. The molecule has 3 aromatic rings. The number of para-hydroxylation sites is 1. The van der Waals surface area contributed by atoms with Crippen molar-refractivity contribution in [2.45, 2.75) is 20.5 Å². The first kappa shape index (κ1) is 17.6. The maximum Gasteiger partial charge on any atom is 0.340 e. The van der Waals surface area contributed by atoms with E-state index in [1.807, 2.05) is 62.4 Å². The summed E-state index contributed by atoms with van der Waals surface area (Å²) in [6.07, 6.45) is 1.63. The van der Waals surface area contributed by atoms with Crippen LogP contribution in [0.2, 0.25) is 0 Å². The Hall–Kier alpha value is -3.21. The molecule has 0 radical (unpaired) electrons. The molecule has 2 aromatic carbocycles. The fraction of sp³-hybridized carbons (Fsp3) is 0.190. The van der Waals surface area contributed by atoms with Gasteiger partial charge in [-0.1, -0.05) is 53.2 Å². The number of pyridine rings is 1. The fourth-order valence-electron chi connectivity index (χ4n) is 2.77. The number of ether oxygens (including phenoxy) is 1. The van der Waals surface area contributed by atoms with E-state index in [0.29, 0.717) is 11.3 Å². The van der Waals surface area contributed by atoms with E-state index in [1.54, 1.807) is 6.21 Å². The van der Waals surface area contributed by atoms with E-state index in [0.717, 1.165) is 22.0 Å². The summed E-state index contributed by atoms with van der Waals surface area (Å²) in [5, 5.41) is 4.90. The highest BCUT2D eigenvalue weighted by Crippen LogP contribution is 2.24. The second-order valence-corrected chi connectivity index (χ2v) is 5.99. The van der Waals surface area contributed by atoms with Crippen molar-refractivity contribution in [3.63, 3.8) is 0 Å². The van der Waals surface area contributed by atoms with Gasteiger partial charge in [-0.3, -0.25) is 0 Å². The standard InChI is InChI=1S/C21H20N2O3/c1-14-8-10-16(11-9-14)12-22-26-13-19-20(21(24)25-3)15(2)17-6-4-5-7-18(17)23-19/h4-12H,13H2,1-3H3/b22-12-. The zero-order valence-corrected chi connectivity index (χ0v) is 15.0. The first-order chi connectivity index (χ1) is 12.6. The van der Waals surface area contributed by atoms with E-state index in [2.05, 4.69) is 10.1 Å². The highest BCUT2D eigenvalue weighted by Gasteiger charge is 2.19. The number of rotatable bonds is 5. The molecule has 5 nitrogen and oxygen atoms in total. The molecule has 0 aliphatic heterocycles. The molecule has 0 atom stereocenters. The molecule has 26 heavy (non-hydrogen) atoms. The number of carbonyl (C=O) groups is 1. The number of carbonyl (C=O) groups excluding carboxylic acids is 1. The van der Waals surface area contributed by atoms with Crippen molar-refractivity contribution in [2.75, 3.05) is 7.11 Å². The Bertz CT molecular complexity index is 963. The van der Waals surface area contributed by atoms with E-state index in [-0.39, 0.29) is 6.61 Å². The predicted octanol–water partition coefficient (Wildman–Crippen LogP) is 4.19. The maximum atomic E-state index is 12.2. The summed E-state index contributed by atoms with van der Waals surface area (Å²) >= 11 is 0. The Kier molecular flexibility index (Phi) is 5.27. The van der Waals surface area contributed by atoms with Crippen molar-refractivity contribution in [2.24, 2.45) is 5.16 Å². The van der Waals surface area contributed by atoms with Crippen LogP contribution in [0.5, 0.6) is 0 Å². The Morgan fingerprint density at radius 3 is 2.58 bits per heavy atom. The molecule has 0 saturated carbocycles. The minimum atomic E-state index is -0.429. The second-order valence-electron chi connectivity index (χ2n) is 5.99. The highest BCUT2D eigenvalue weighted by molar-refractivity contribution is 5.98. The molecule has 1 heterocycles. The third-order valence-corrected chi connectivity index (χ3v) is 4.17. The third kappa shape index (κ3) is 3.72. The summed E-state index contributed by atoms with van der Waals surface area (Å²) in [5.41, 5.74) is 4.68. The Balaban J connectivity index is 1.86. The van der Waals surface area contributed by atoms with Crippen molar-refractivity contribution in [3.8, 4) is 0 Å². The molecule has 0 saturated heterocycles. The van der Waals surface area contributed by atoms with Crippen LogP contribution in [0.1, 0.15) is 32.7 Å². The van der Waals surface area contributed by atoms with Crippen LogP contribution in [-0.4, -0.2) is 24.3 Å². The number of benzene rings is 2. The SMILES string of the molecule is COC(=O)c1c(CO/N=C\c2ccc(C)cc2)nc2ccccc2c1C.